The Bertz CT molecular complexity index is 415. The van der Waals surface area contributed by atoms with E-state index in [-0.39, 0.29) is 10.7 Å². The van der Waals surface area contributed by atoms with Gasteiger partial charge in [-0.2, -0.15) is 0 Å². The smallest absolute Gasteiger partial charge is 0.276 e. The Labute approximate surface area is 109 Å². The predicted molar refractivity (Wildman–Crippen MR) is 76.1 cm³/mol. The van der Waals surface area contributed by atoms with E-state index in [9.17, 15) is 4.79 Å². The summed E-state index contributed by atoms with van der Waals surface area (Å²) in [6.07, 6.45) is 0. The highest BCUT2D eigenvalue weighted by Gasteiger charge is 2.24. The third kappa shape index (κ3) is 3.50. The molecule has 1 aromatic rings. The molecule has 0 bridgehead atoms. The van der Waals surface area contributed by atoms with E-state index in [1.807, 2.05) is 0 Å². The average molecular weight is 251 g/mol. The first-order chi connectivity index (χ1) is 7.74. The number of hydrogen-bond donors (Lipinski definition) is 2. The average Bonchev–Trinajstić information content (AvgIpc) is 2.12. The predicted octanol–water partition coefficient (Wildman–Crippen LogP) is 3.53. The third-order valence-corrected chi connectivity index (χ3v) is 3.19. The van der Waals surface area contributed by atoms with Crippen LogP contribution in [-0.4, -0.2) is 11.8 Å². The summed E-state index contributed by atoms with van der Waals surface area (Å²) in [6.45, 7) is 11.2. The van der Waals surface area contributed by atoms with Gasteiger partial charge in [-0.15, -0.1) is 0 Å². The van der Waals surface area contributed by atoms with Crippen LogP contribution in [0.1, 0.15) is 36.1 Å². The van der Waals surface area contributed by atoms with Crippen molar-refractivity contribution in [2.75, 3.05) is 6.54 Å². The summed E-state index contributed by atoms with van der Waals surface area (Å²) in [4.78, 5) is 10.9. The molecule has 0 radical (unpaired) electrons. The van der Waals surface area contributed by atoms with Crippen molar-refractivity contribution >= 4 is 17.9 Å². The Morgan fingerprint density at radius 1 is 1.24 bits per heavy atom. The van der Waals surface area contributed by atoms with Crippen molar-refractivity contribution in [1.29, 1.82) is 0 Å². The van der Waals surface area contributed by atoms with Gasteiger partial charge in [-0.25, -0.2) is 0 Å². The Hall–Kier alpha value is -0.960. The standard InChI is InChI=1S/C14H21NOS/c1-9-6-10(2)12(11(3)7-9)14(4,5)8-15-13(16)17/h6-7H,8H2,1-5H3,(H2,15,16,17). The van der Waals surface area contributed by atoms with Gasteiger partial charge in [-0.3, -0.25) is 4.79 Å². The van der Waals surface area contributed by atoms with Crippen LogP contribution in [0.25, 0.3) is 0 Å². The molecule has 0 saturated carbocycles. The van der Waals surface area contributed by atoms with E-state index < -0.39 is 0 Å². The zero-order valence-electron chi connectivity index (χ0n) is 11.2. The van der Waals surface area contributed by atoms with Gasteiger partial charge >= 0.3 is 0 Å². The lowest BCUT2D eigenvalue weighted by atomic mass is 9.79. The van der Waals surface area contributed by atoms with Gasteiger partial charge in [0.15, 0.2) is 0 Å². The van der Waals surface area contributed by atoms with E-state index in [0.717, 1.165) is 0 Å². The summed E-state index contributed by atoms with van der Waals surface area (Å²) in [6, 6.07) is 4.37. The number of rotatable bonds is 3. The highest BCUT2D eigenvalue weighted by Crippen LogP contribution is 2.29. The normalized spacial score (nSPS) is 11.4. The number of carbonyl (C=O) groups excluding carboxylic acids is 1. The Kier molecular flexibility index (Phi) is 4.26. The lowest BCUT2D eigenvalue weighted by molar-refractivity contribution is 0.258. The molecule has 0 fully saturated rings. The van der Waals surface area contributed by atoms with Crippen molar-refractivity contribution in [3.63, 3.8) is 0 Å². The minimum absolute atomic E-state index is 0.0831. The van der Waals surface area contributed by atoms with Crippen LogP contribution in [-0.2, 0) is 5.41 Å². The maximum atomic E-state index is 10.9. The van der Waals surface area contributed by atoms with Gasteiger partial charge in [0.25, 0.3) is 5.24 Å². The summed E-state index contributed by atoms with van der Waals surface area (Å²) < 4.78 is 0. The second-order valence-electron chi connectivity index (χ2n) is 5.32. The van der Waals surface area contributed by atoms with Gasteiger partial charge in [-0.1, -0.05) is 44.2 Å². The summed E-state index contributed by atoms with van der Waals surface area (Å²) in [5.41, 5.74) is 5.06. The van der Waals surface area contributed by atoms with E-state index in [4.69, 9.17) is 0 Å². The molecule has 0 aliphatic carbocycles. The third-order valence-electron chi connectivity index (χ3n) is 3.04. The molecule has 94 valence electrons. The van der Waals surface area contributed by atoms with Crippen molar-refractivity contribution in [2.45, 2.75) is 40.0 Å². The van der Waals surface area contributed by atoms with Crippen LogP contribution in [0.2, 0.25) is 0 Å². The molecule has 0 aliphatic heterocycles. The molecule has 1 aromatic carbocycles. The number of hydrogen-bond acceptors (Lipinski definition) is 1. The minimum Gasteiger partial charge on any atom is -0.346 e. The summed E-state index contributed by atoms with van der Waals surface area (Å²) in [5.74, 6) is 0. The molecule has 0 unspecified atom stereocenters. The Morgan fingerprint density at radius 3 is 2.12 bits per heavy atom. The first-order valence-corrected chi connectivity index (χ1v) is 6.24. The molecule has 1 N–H and O–H groups in total. The van der Waals surface area contributed by atoms with Gasteiger partial charge < -0.3 is 5.32 Å². The first-order valence-electron chi connectivity index (χ1n) is 5.79. The van der Waals surface area contributed by atoms with Crippen LogP contribution in [0.15, 0.2) is 12.1 Å². The number of nitrogens with one attached hydrogen (secondary N) is 1. The molecule has 0 spiro atoms. The van der Waals surface area contributed by atoms with Gasteiger partial charge in [0.05, 0.1) is 0 Å². The minimum atomic E-state index is -0.277. The van der Waals surface area contributed by atoms with Crippen molar-refractivity contribution in [2.24, 2.45) is 0 Å². The topological polar surface area (TPSA) is 29.1 Å². The maximum Gasteiger partial charge on any atom is 0.276 e. The van der Waals surface area contributed by atoms with E-state index >= 15 is 0 Å². The molecule has 0 heterocycles. The molecule has 3 heteroatoms. The second kappa shape index (κ2) is 5.13. The highest BCUT2D eigenvalue weighted by atomic mass is 32.1. The van der Waals surface area contributed by atoms with Crippen molar-refractivity contribution < 1.29 is 4.79 Å². The monoisotopic (exact) mass is 251 g/mol. The first kappa shape index (κ1) is 14.1. The van der Waals surface area contributed by atoms with E-state index in [1.165, 1.54) is 22.3 Å². The molecule has 0 aromatic heterocycles. The molecule has 0 saturated heterocycles. The fourth-order valence-corrected chi connectivity index (χ4v) is 2.71. The zero-order chi connectivity index (χ0) is 13.2. The van der Waals surface area contributed by atoms with Crippen LogP contribution < -0.4 is 5.32 Å². The number of aryl methyl sites for hydroxylation is 3. The molecular formula is C14H21NOS. The van der Waals surface area contributed by atoms with Crippen LogP contribution in [0.4, 0.5) is 4.79 Å². The fourth-order valence-electron chi connectivity index (χ4n) is 2.63. The van der Waals surface area contributed by atoms with Crippen LogP contribution in [0.5, 0.6) is 0 Å². The molecule has 0 atom stereocenters. The molecule has 17 heavy (non-hydrogen) atoms. The summed E-state index contributed by atoms with van der Waals surface area (Å²) >= 11 is 3.74. The zero-order valence-corrected chi connectivity index (χ0v) is 12.1. The molecule has 2 nitrogen and oxygen atoms in total. The Morgan fingerprint density at radius 2 is 1.71 bits per heavy atom. The quantitative estimate of drug-likeness (QED) is 0.791. The second-order valence-corrected chi connectivity index (χ2v) is 5.72. The van der Waals surface area contributed by atoms with Crippen molar-refractivity contribution in [1.82, 2.24) is 5.32 Å². The molecular weight excluding hydrogens is 230 g/mol. The van der Waals surface area contributed by atoms with Gasteiger partial charge in [-0.05, 0) is 37.5 Å². The van der Waals surface area contributed by atoms with Crippen molar-refractivity contribution in [3.05, 3.63) is 34.4 Å². The van der Waals surface area contributed by atoms with Crippen LogP contribution >= 0.6 is 12.6 Å². The summed E-state index contributed by atoms with van der Waals surface area (Å²) in [5, 5.41) is 2.50. The van der Waals surface area contributed by atoms with Crippen molar-refractivity contribution in [3.8, 4) is 0 Å². The molecule has 1 rings (SSSR count). The summed E-state index contributed by atoms with van der Waals surface area (Å²) in [7, 11) is 0. The van der Waals surface area contributed by atoms with E-state index in [2.05, 4.69) is 64.7 Å². The van der Waals surface area contributed by atoms with Crippen LogP contribution in [0, 0.1) is 20.8 Å². The SMILES string of the molecule is Cc1cc(C)c(C(C)(C)CNC(=O)S)c(C)c1. The number of amides is 1. The highest BCUT2D eigenvalue weighted by molar-refractivity contribution is 7.96. The fraction of sp³-hybridized carbons (Fsp3) is 0.500. The number of benzene rings is 1. The maximum absolute atomic E-state index is 10.9. The molecule has 0 aliphatic rings. The molecule has 1 amide bonds. The largest absolute Gasteiger partial charge is 0.346 e. The number of thiol groups is 1. The van der Waals surface area contributed by atoms with Gasteiger partial charge in [0, 0.05) is 12.0 Å². The van der Waals surface area contributed by atoms with E-state index in [1.54, 1.807) is 0 Å². The lowest BCUT2D eigenvalue weighted by Crippen LogP contribution is -2.35. The van der Waals surface area contributed by atoms with Crippen LogP contribution in [0.3, 0.4) is 0 Å². The number of carbonyl (C=O) groups is 1. The Balaban J connectivity index is 3.09. The lowest BCUT2D eigenvalue weighted by Gasteiger charge is -2.29. The van der Waals surface area contributed by atoms with Gasteiger partial charge in [0.1, 0.15) is 0 Å². The van der Waals surface area contributed by atoms with E-state index in [0.29, 0.717) is 6.54 Å². The van der Waals surface area contributed by atoms with Gasteiger partial charge in [0.2, 0.25) is 0 Å².